The lowest BCUT2D eigenvalue weighted by Gasteiger charge is -2.28. The number of nitrogens with one attached hydrogen (secondary N) is 1. The fraction of sp³-hybridized carbons (Fsp3) is 0.154. The first-order chi connectivity index (χ1) is 16.5. The molecule has 1 aliphatic rings. The summed E-state index contributed by atoms with van der Waals surface area (Å²) < 4.78 is 1.80. The van der Waals surface area contributed by atoms with Gasteiger partial charge in [0, 0.05) is 17.1 Å². The summed E-state index contributed by atoms with van der Waals surface area (Å²) in [6.45, 7) is 7.27. The van der Waals surface area contributed by atoms with E-state index in [2.05, 4.69) is 5.32 Å². The number of barbiturate groups is 1. The summed E-state index contributed by atoms with van der Waals surface area (Å²) in [6, 6.07) is 10.9. The molecule has 3 aromatic rings. The molecule has 4 rings (SSSR count). The minimum absolute atomic E-state index is 0.0407. The predicted octanol–water partition coefficient (Wildman–Crippen LogP) is 4.73. The van der Waals surface area contributed by atoms with E-state index in [4.69, 9.17) is 11.6 Å². The zero-order chi connectivity index (χ0) is 25.6. The van der Waals surface area contributed by atoms with Crippen molar-refractivity contribution in [3.8, 4) is 5.69 Å². The van der Waals surface area contributed by atoms with Crippen LogP contribution in [0.4, 0.5) is 10.5 Å². The Hall–Kier alpha value is -4.17. The number of halogens is 1. The number of anilines is 1. The summed E-state index contributed by atoms with van der Waals surface area (Å²) in [5.41, 5.74) is 4.38. The predicted molar refractivity (Wildman–Crippen MR) is 132 cm³/mol. The number of hydrogen-bond donors (Lipinski definition) is 2. The van der Waals surface area contributed by atoms with E-state index in [9.17, 15) is 24.3 Å². The standard InChI is InChI=1S/C26H22ClN3O5/c1-13-6-5-7-22(15(13)3)30-24(32)20(23(31)28-26(30)35)11-17-10-14(2)29(16(17)4)18-8-9-21(27)19(12-18)25(33)34/h5-12H,1-4H3,(H,33,34)(H,28,31,35)/b20-11+. The van der Waals surface area contributed by atoms with Gasteiger partial charge < -0.3 is 9.67 Å². The lowest BCUT2D eigenvalue weighted by Crippen LogP contribution is -2.54. The highest BCUT2D eigenvalue weighted by Gasteiger charge is 2.37. The second-order valence-electron chi connectivity index (χ2n) is 8.31. The molecular weight excluding hydrogens is 470 g/mol. The maximum absolute atomic E-state index is 13.3. The van der Waals surface area contributed by atoms with Crippen molar-refractivity contribution in [3.05, 3.63) is 86.7 Å². The van der Waals surface area contributed by atoms with E-state index < -0.39 is 23.8 Å². The summed E-state index contributed by atoms with van der Waals surface area (Å²) in [4.78, 5) is 51.0. The highest BCUT2D eigenvalue weighted by atomic mass is 35.5. The summed E-state index contributed by atoms with van der Waals surface area (Å²) in [5.74, 6) is -2.66. The van der Waals surface area contributed by atoms with Crippen LogP contribution in [-0.2, 0) is 9.59 Å². The smallest absolute Gasteiger partial charge is 0.337 e. The van der Waals surface area contributed by atoms with Gasteiger partial charge in [0.25, 0.3) is 11.8 Å². The normalized spacial score (nSPS) is 15.1. The molecule has 0 bridgehead atoms. The molecule has 1 saturated heterocycles. The first-order valence-electron chi connectivity index (χ1n) is 10.7. The van der Waals surface area contributed by atoms with Gasteiger partial charge in [-0.05, 0) is 80.8 Å². The zero-order valence-corrected chi connectivity index (χ0v) is 20.2. The average molecular weight is 492 g/mol. The molecule has 2 aromatic carbocycles. The van der Waals surface area contributed by atoms with Crippen molar-refractivity contribution in [1.82, 2.24) is 9.88 Å². The Morgan fingerprint density at radius 1 is 1.03 bits per heavy atom. The molecule has 2 N–H and O–H groups in total. The number of aromatic carboxylic acids is 1. The number of carbonyl (C=O) groups excluding carboxylic acids is 3. The molecule has 4 amide bonds. The average Bonchev–Trinajstić information content (AvgIpc) is 3.07. The highest BCUT2D eigenvalue weighted by molar-refractivity contribution is 6.39. The van der Waals surface area contributed by atoms with Crippen LogP contribution in [-0.4, -0.2) is 33.5 Å². The number of imide groups is 2. The van der Waals surface area contributed by atoms with Gasteiger partial charge in [-0.3, -0.25) is 14.9 Å². The van der Waals surface area contributed by atoms with E-state index >= 15 is 0 Å². The third kappa shape index (κ3) is 4.13. The SMILES string of the molecule is Cc1cccc(N2C(=O)NC(=O)/C(=C\c3cc(C)n(-c4ccc(Cl)c(C(=O)O)c4)c3C)C2=O)c1C. The van der Waals surface area contributed by atoms with Gasteiger partial charge in [0.15, 0.2) is 0 Å². The topological polar surface area (TPSA) is 109 Å². The summed E-state index contributed by atoms with van der Waals surface area (Å²) in [6.07, 6.45) is 1.44. The first kappa shape index (κ1) is 24.0. The number of nitrogens with zero attached hydrogens (tertiary/aromatic N) is 2. The fourth-order valence-electron chi connectivity index (χ4n) is 4.16. The second kappa shape index (κ2) is 8.88. The number of urea groups is 1. The number of carbonyl (C=O) groups is 4. The number of amides is 4. The quantitative estimate of drug-likeness (QED) is 0.405. The Labute approximate surface area is 206 Å². The van der Waals surface area contributed by atoms with Crippen molar-refractivity contribution in [3.63, 3.8) is 0 Å². The van der Waals surface area contributed by atoms with Gasteiger partial charge in [-0.25, -0.2) is 14.5 Å². The van der Waals surface area contributed by atoms with Crippen LogP contribution in [0.5, 0.6) is 0 Å². The van der Waals surface area contributed by atoms with Crippen molar-refractivity contribution in [2.24, 2.45) is 0 Å². The number of aryl methyl sites for hydroxylation is 2. The molecule has 9 heteroatoms. The number of carboxylic acid groups (broad SMARTS) is 1. The van der Waals surface area contributed by atoms with E-state index in [0.29, 0.717) is 22.6 Å². The lowest BCUT2D eigenvalue weighted by molar-refractivity contribution is -0.122. The third-order valence-electron chi connectivity index (χ3n) is 6.13. The van der Waals surface area contributed by atoms with Gasteiger partial charge in [-0.1, -0.05) is 23.7 Å². The van der Waals surface area contributed by atoms with E-state index in [1.165, 1.54) is 18.2 Å². The van der Waals surface area contributed by atoms with E-state index in [1.54, 1.807) is 42.7 Å². The van der Waals surface area contributed by atoms with Gasteiger partial charge in [0.05, 0.1) is 16.3 Å². The summed E-state index contributed by atoms with van der Waals surface area (Å²) in [7, 11) is 0. The zero-order valence-electron chi connectivity index (χ0n) is 19.5. The Kier molecular flexibility index (Phi) is 6.08. The van der Waals surface area contributed by atoms with Crippen molar-refractivity contribution in [2.45, 2.75) is 27.7 Å². The minimum Gasteiger partial charge on any atom is -0.478 e. The van der Waals surface area contributed by atoms with Gasteiger partial charge >= 0.3 is 12.0 Å². The molecule has 0 unspecified atom stereocenters. The van der Waals surface area contributed by atoms with E-state index in [-0.39, 0.29) is 16.2 Å². The van der Waals surface area contributed by atoms with Crippen LogP contribution < -0.4 is 10.2 Å². The lowest BCUT2D eigenvalue weighted by atomic mass is 10.0. The van der Waals surface area contributed by atoms with Crippen molar-refractivity contribution in [2.75, 3.05) is 4.90 Å². The maximum Gasteiger partial charge on any atom is 0.337 e. The Morgan fingerprint density at radius 2 is 1.74 bits per heavy atom. The van der Waals surface area contributed by atoms with Gasteiger partial charge in [0.1, 0.15) is 5.57 Å². The molecule has 1 fully saturated rings. The number of hydrogen-bond acceptors (Lipinski definition) is 4. The highest BCUT2D eigenvalue weighted by Crippen LogP contribution is 2.29. The van der Waals surface area contributed by atoms with Crippen LogP contribution in [0.15, 0.2) is 48.0 Å². The maximum atomic E-state index is 13.3. The number of rotatable bonds is 4. The van der Waals surface area contributed by atoms with Gasteiger partial charge in [-0.2, -0.15) is 0 Å². The van der Waals surface area contributed by atoms with Crippen LogP contribution >= 0.6 is 11.6 Å². The molecule has 0 radical (unpaired) electrons. The molecular formula is C26H22ClN3O5. The monoisotopic (exact) mass is 491 g/mol. The summed E-state index contributed by atoms with van der Waals surface area (Å²) in [5, 5.41) is 11.8. The van der Waals surface area contributed by atoms with E-state index in [1.807, 2.05) is 19.9 Å². The number of benzene rings is 2. The molecule has 0 spiro atoms. The van der Waals surface area contributed by atoms with Gasteiger partial charge in [0.2, 0.25) is 0 Å². The summed E-state index contributed by atoms with van der Waals surface area (Å²) >= 11 is 6.01. The Bertz CT molecular complexity index is 1470. The van der Waals surface area contributed by atoms with Crippen molar-refractivity contribution in [1.29, 1.82) is 0 Å². The molecule has 35 heavy (non-hydrogen) atoms. The van der Waals surface area contributed by atoms with Crippen molar-refractivity contribution < 1.29 is 24.3 Å². The Balaban J connectivity index is 1.80. The molecule has 0 aliphatic carbocycles. The number of aromatic nitrogens is 1. The first-order valence-corrected chi connectivity index (χ1v) is 11.1. The van der Waals surface area contributed by atoms with Crippen molar-refractivity contribution >= 4 is 47.2 Å². The molecule has 1 aliphatic heterocycles. The van der Waals surface area contributed by atoms with Crippen LogP contribution in [0.2, 0.25) is 5.02 Å². The minimum atomic E-state index is -1.15. The fourth-order valence-corrected chi connectivity index (χ4v) is 4.36. The van der Waals surface area contributed by atoms with Gasteiger partial charge in [-0.15, -0.1) is 0 Å². The van der Waals surface area contributed by atoms with Crippen LogP contribution in [0.3, 0.4) is 0 Å². The molecule has 8 nitrogen and oxygen atoms in total. The number of carboxylic acids is 1. The second-order valence-corrected chi connectivity index (χ2v) is 8.72. The molecule has 1 aromatic heterocycles. The molecule has 2 heterocycles. The largest absolute Gasteiger partial charge is 0.478 e. The van der Waals surface area contributed by atoms with Crippen LogP contribution in [0.25, 0.3) is 11.8 Å². The third-order valence-corrected chi connectivity index (χ3v) is 6.46. The molecule has 0 atom stereocenters. The Morgan fingerprint density at radius 3 is 2.43 bits per heavy atom. The van der Waals surface area contributed by atoms with E-state index in [0.717, 1.165) is 21.7 Å². The molecule has 0 saturated carbocycles. The molecule has 178 valence electrons. The van der Waals surface area contributed by atoms with Crippen LogP contribution in [0, 0.1) is 27.7 Å². The van der Waals surface area contributed by atoms with Crippen LogP contribution in [0.1, 0.15) is 38.4 Å².